The number of benzene rings is 3. The number of fused-ring (bicyclic) bond motifs is 2. The van der Waals surface area contributed by atoms with Crippen molar-refractivity contribution in [2.24, 2.45) is 4.99 Å². The number of unbranched alkanes of at least 4 members (excludes halogenated alkanes) is 7. The smallest absolute Gasteiger partial charge is 0.481 e. The molecule has 0 saturated carbocycles. The minimum absolute atomic E-state index is 0.104. The van der Waals surface area contributed by atoms with Crippen LogP contribution in [-0.4, -0.2) is 129 Å². The van der Waals surface area contributed by atoms with Gasteiger partial charge >= 0.3 is 7.82 Å². The SMILES string of the molecule is CC([O-])=N[C@H]1[C@@H](OP(=O)(O)OP(=O)([O-])OCCCCCCCCCCC(C)OCc2c3ccccc3cc3ccccc23)O[C@H](CO)[C@H](O)[C@@H]1O[C@@H]1O[C@H](CO)[C@@H](O)[C@H](O)[C@H]1O. The molecule has 3 aromatic carbocycles. The Morgan fingerprint density at radius 1 is 0.790 bits per heavy atom. The number of hydrogen-bond acceptors (Lipinski definition) is 18. The highest BCUT2D eigenvalue weighted by atomic mass is 31.3. The van der Waals surface area contributed by atoms with Gasteiger partial charge in [-0.3, -0.25) is 14.1 Å². The number of aliphatic hydroxyl groups excluding tert-OH is 6. The fraction of sp³-hybridized carbons (Fsp3) is 0.634. The number of aliphatic imine (C=N–C) groups is 1. The van der Waals surface area contributed by atoms with E-state index in [0.29, 0.717) is 19.4 Å². The van der Waals surface area contributed by atoms with Crippen LogP contribution in [0, 0.1) is 0 Å². The third-order valence-corrected chi connectivity index (χ3v) is 13.5. The van der Waals surface area contributed by atoms with Gasteiger partial charge in [0.25, 0.3) is 7.82 Å². The summed E-state index contributed by atoms with van der Waals surface area (Å²) >= 11 is 0. The van der Waals surface area contributed by atoms with Gasteiger partial charge in [0.15, 0.2) is 12.6 Å². The lowest BCUT2D eigenvalue weighted by Crippen LogP contribution is -2.64. The summed E-state index contributed by atoms with van der Waals surface area (Å²) in [4.78, 5) is 26.6. The van der Waals surface area contributed by atoms with Crippen LogP contribution in [0.3, 0.4) is 0 Å². The van der Waals surface area contributed by atoms with Crippen molar-refractivity contribution in [1.29, 1.82) is 0 Å². The standard InChI is InChI=1S/C41H61NO18P2/c1-25(54-24-31-29-18-12-10-16-27(29)21-28-17-11-13-19-30(28)31)15-9-7-5-3-4-6-8-14-20-55-61(50,51)60-62(52,53)59-40-34(42-26(2)45)39(36(47)33(23-44)56-40)58-41-38(49)37(48)35(46)32(22-43)57-41/h10-13,16-19,21,25,32-41,43-44,46-49H,3-9,14-15,20,22-24H2,1-2H3,(H,42,45)(H,50,51)(H,52,53)/p-2/t25?,32-,33-,34-,35-,36+,37+,38-,39-,40-,41+/m1/s1. The van der Waals surface area contributed by atoms with Crippen LogP contribution < -0.4 is 10.00 Å². The number of hydrogen-bond donors (Lipinski definition) is 7. The maximum Gasteiger partial charge on any atom is 0.481 e. The van der Waals surface area contributed by atoms with Crippen LogP contribution >= 0.6 is 15.6 Å². The monoisotopic (exact) mass is 915 g/mol. The first-order chi connectivity index (χ1) is 29.5. The first kappa shape index (κ1) is 50.5. The van der Waals surface area contributed by atoms with Crippen LogP contribution in [0.25, 0.3) is 21.5 Å². The van der Waals surface area contributed by atoms with E-state index in [9.17, 15) is 54.7 Å². The zero-order valence-electron chi connectivity index (χ0n) is 34.7. The van der Waals surface area contributed by atoms with Crippen LogP contribution in [0.5, 0.6) is 0 Å². The van der Waals surface area contributed by atoms with Crippen LogP contribution in [0.4, 0.5) is 0 Å². The summed E-state index contributed by atoms with van der Waals surface area (Å²) in [5.41, 5.74) is 1.20. The van der Waals surface area contributed by atoms with E-state index in [1.807, 2.05) is 24.3 Å². The van der Waals surface area contributed by atoms with Gasteiger partial charge in [0.1, 0.15) is 48.8 Å². The molecule has 3 unspecified atom stereocenters. The summed E-state index contributed by atoms with van der Waals surface area (Å²) in [7, 11) is -11.1. The van der Waals surface area contributed by atoms with Gasteiger partial charge in [-0.25, -0.2) is 8.88 Å². The number of phosphoric acid groups is 2. The molecular formula is C41H59NO18P2-2. The maximum atomic E-state index is 12.9. The molecular weight excluding hydrogens is 856 g/mol. The molecule has 348 valence electrons. The molecule has 0 amide bonds. The van der Waals surface area contributed by atoms with Crippen molar-refractivity contribution >= 4 is 43.1 Å². The molecule has 2 saturated heterocycles. The molecule has 7 N–H and O–H groups in total. The number of nitrogens with zero attached hydrogens (tertiary/aromatic N) is 1. The van der Waals surface area contributed by atoms with Crippen LogP contribution in [-0.2, 0) is 48.0 Å². The molecule has 5 rings (SSSR count). The highest BCUT2D eigenvalue weighted by Gasteiger charge is 2.53. The Morgan fingerprint density at radius 2 is 1.34 bits per heavy atom. The quantitative estimate of drug-likeness (QED) is 0.0223. The van der Waals surface area contributed by atoms with Crippen LogP contribution in [0.15, 0.2) is 59.6 Å². The Labute approximate surface area is 360 Å². The van der Waals surface area contributed by atoms with Gasteiger partial charge in [-0.15, -0.1) is 0 Å². The molecule has 3 aromatic rings. The Kier molecular flexibility index (Phi) is 19.2. The van der Waals surface area contributed by atoms with E-state index in [1.165, 1.54) is 27.1 Å². The third-order valence-electron chi connectivity index (χ3n) is 10.9. The number of rotatable bonds is 24. The molecule has 62 heavy (non-hydrogen) atoms. The van der Waals surface area contributed by atoms with Crippen LogP contribution in [0.2, 0.25) is 0 Å². The molecule has 2 aliphatic rings. The molecule has 0 aromatic heterocycles. The molecule has 2 fully saturated rings. The fourth-order valence-electron chi connectivity index (χ4n) is 7.62. The molecule has 0 bridgehead atoms. The summed E-state index contributed by atoms with van der Waals surface area (Å²) in [5, 5.41) is 77.8. The van der Waals surface area contributed by atoms with Gasteiger partial charge < -0.3 is 69.0 Å². The second kappa shape index (κ2) is 23.6. The van der Waals surface area contributed by atoms with Gasteiger partial charge in [0.05, 0.1) is 32.5 Å². The minimum atomic E-state index is -5.67. The van der Waals surface area contributed by atoms with Crippen molar-refractivity contribution in [2.45, 2.75) is 146 Å². The second-order valence-corrected chi connectivity index (χ2v) is 18.6. The zero-order chi connectivity index (χ0) is 45.0. The molecule has 0 radical (unpaired) electrons. The fourth-order valence-corrected chi connectivity index (χ4v) is 9.77. The van der Waals surface area contributed by atoms with Gasteiger partial charge in [0.2, 0.25) is 0 Å². The summed E-state index contributed by atoms with van der Waals surface area (Å²) < 4.78 is 62.0. The van der Waals surface area contributed by atoms with Crippen LogP contribution in [0.1, 0.15) is 77.2 Å². The Bertz CT molecular complexity index is 1930. The van der Waals surface area contributed by atoms with E-state index in [2.05, 4.69) is 46.6 Å². The number of ether oxygens (including phenoxy) is 4. The van der Waals surface area contributed by atoms with Crippen molar-refractivity contribution in [1.82, 2.24) is 0 Å². The predicted octanol–water partition coefficient (Wildman–Crippen LogP) is 2.44. The average Bonchev–Trinajstić information content (AvgIpc) is 3.22. The lowest BCUT2D eigenvalue weighted by Gasteiger charge is -2.46. The molecule has 19 nitrogen and oxygen atoms in total. The highest BCUT2D eigenvalue weighted by Crippen LogP contribution is 2.59. The van der Waals surface area contributed by atoms with E-state index < -0.39 is 96.1 Å². The molecule has 2 aliphatic heterocycles. The Morgan fingerprint density at radius 3 is 1.94 bits per heavy atom. The first-order valence-corrected chi connectivity index (χ1v) is 23.8. The van der Waals surface area contributed by atoms with Gasteiger partial charge in [-0.1, -0.05) is 93.5 Å². The number of phosphoric ester groups is 2. The number of aliphatic hydroxyl groups is 6. The molecule has 2 heterocycles. The zero-order valence-corrected chi connectivity index (χ0v) is 36.5. The first-order valence-electron chi connectivity index (χ1n) is 20.8. The van der Waals surface area contributed by atoms with E-state index in [-0.39, 0.29) is 12.7 Å². The van der Waals surface area contributed by atoms with Crippen molar-refractivity contribution in [3.05, 3.63) is 60.2 Å². The predicted molar refractivity (Wildman–Crippen MR) is 220 cm³/mol. The van der Waals surface area contributed by atoms with E-state index in [0.717, 1.165) is 51.9 Å². The minimum Gasteiger partial charge on any atom is -0.862 e. The van der Waals surface area contributed by atoms with Gasteiger partial charge in [0, 0.05) is 0 Å². The summed E-state index contributed by atoms with van der Waals surface area (Å²) in [6, 6.07) is 17.0. The molecule has 0 spiro atoms. The summed E-state index contributed by atoms with van der Waals surface area (Å²) in [5.74, 6) is -0.950. The molecule has 21 heteroatoms. The van der Waals surface area contributed by atoms with Gasteiger partial charge in [-0.05, 0) is 65.8 Å². The third kappa shape index (κ3) is 14.0. The topological polar surface area (TPSA) is 299 Å². The van der Waals surface area contributed by atoms with Crippen molar-refractivity contribution in [3.63, 3.8) is 0 Å². The highest BCUT2D eigenvalue weighted by molar-refractivity contribution is 7.60. The van der Waals surface area contributed by atoms with E-state index >= 15 is 0 Å². The van der Waals surface area contributed by atoms with Crippen molar-refractivity contribution in [3.8, 4) is 0 Å². The van der Waals surface area contributed by atoms with Gasteiger partial charge in [-0.2, -0.15) is 0 Å². The van der Waals surface area contributed by atoms with E-state index in [1.54, 1.807) is 0 Å². The second-order valence-electron chi connectivity index (χ2n) is 15.6. The lowest BCUT2D eigenvalue weighted by molar-refractivity contribution is -0.339. The summed E-state index contributed by atoms with van der Waals surface area (Å²) in [6.45, 7) is 1.43. The maximum absolute atomic E-state index is 12.9. The largest absolute Gasteiger partial charge is 0.862 e. The molecule has 13 atom stereocenters. The summed E-state index contributed by atoms with van der Waals surface area (Å²) in [6.07, 6.45) is -8.80. The Balaban J connectivity index is 1.00. The normalized spacial score (nSPS) is 29.7. The Hall–Kier alpha value is -2.49. The van der Waals surface area contributed by atoms with Crippen molar-refractivity contribution < 1.29 is 87.0 Å². The molecule has 0 aliphatic carbocycles. The lowest BCUT2D eigenvalue weighted by atomic mass is 9.96. The van der Waals surface area contributed by atoms with Crippen molar-refractivity contribution in [2.75, 3.05) is 19.8 Å². The average molecular weight is 916 g/mol. The van der Waals surface area contributed by atoms with E-state index in [4.69, 9.17) is 28.0 Å².